The highest BCUT2D eigenvalue weighted by Gasteiger charge is 2.12. The molecule has 0 amide bonds. The van der Waals surface area contributed by atoms with Gasteiger partial charge in [-0.2, -0.15) is 11.8 Å². The van der Waals surface area contributed by atoms with E-state index in [0.29, 0.717) is 6.61 Å². The van der Waals surface area contributed by atoms with Crippen LogP contribution in [0.4, 0.5) is 4.39 Å². The van der Waals surface area contributed by atoms with E-state index < -0.39 is 0 Å². The Hall–Kier alpha value is -0.740. The summed E-state index contributed by atoms with van der Waals surface area (Å²) in [5, 5.41) is 3.35. The van der Waals surface area contributed by atoms with Crippen LogP contribution in [0, 0.1) is 5.82 Å². The molecule has 18 heavy (non-hydrogen) atoms. The molecule has 0 fully saturated rings. The summed E-state index contributed by atoms with van der Waals surface area (Å²) < 4.78 is 19.0. The number of halogens is 1. The van der Waals surface area contributed by atoms with Crippen molar-refractivity contribution in [2.24, 2.45) is 0 Å². The van der Waals surface area contributed by atoms with Crippen molar-refractivity contribution in [3.63, 3.8) is 0 Å². The normalized spacial score (nSPS) is 12.4. The van der Waals surface area contributed by atoms with Crippen molar-refractivity contribution >= 4 is 11.8 Å². The largest absolute Gasteiger partial charge is 0.492 e. The molecule has 0 saturated heterocycles. The van der Waals surface area contributed by atoms with E-state index >= 15 is 0 Å². The number of ether oxygens (including phenoxy) is 1. The third-order valence-electron chi connectivity index (χ3n) is 2.68. The molecule has 0 aliphatic carbocycles. The minimum Gasteiger partial charge on any atom is -0.492 e. The molecule has 1 unspecified atom stereocenters. The van der Waals surface area contributed by atoms with Gasteiger partial charge in [0.1, 0.15) is 11.6 Å². The smallest absolute Gasteiger partial charge is 0.124 e. The SMILES string of the molecule is CCCNC(C)c1cc(F)ccc1OCCSC. The summed E-state index contributed by atoms with van der Waals surface area (Å²) in [6.45, 7) is 5.72. The van der Waals surface area contributed by atoms with E-state index in [1.165, 1.54) is 6.07 Å². The summed E-state index contributed by atoms with van der Waals surface area (Å²) in [5.74, 6) is 1.50. The second-order valence-electron chi connectivity index (χ2n) is 4.20. The number of hydrogen-bond donors (Lipinski definition) is 1. The summed E-state index contributed by atoms with van der Waals surface area (Å²) >= 11 is 1.74. The van der Waals surface area contributed by atoms with Crippen LogP contribution in [-0.4, -0.2) is 25.2 Å². The Balaban J connectivity index is 2.75. The predicted molar refractivity (Wildman–Crippen MR) is 77.0 cm³/mol. The molecule has 0 aromatic heterocycles. The van der Waals surface area contributed by atoms with Gasteiger partial charge in [-0.05, 0) is 44.3 Å². The van der Waals surface area contributed by atoms with Gasteiger partial charge in [-0.25, -0.2) is 4.39 Å². The van der Waals surface area contributed by atoms with Gasteiger partial charge < -0.3 is 10.1 Å². The van der Waals surface area contributed by atoms with Crippen LogP contribution in [0.15, 0.2) is 18.2 Å². The second-order valence-corrected chi connectivity index (χ2v) is 5.18. The zero-order chi connectivity index (χ0) is 13.4. The fourth-order valence-electron chi connectivity index (χ4n) is 1.69. The van der Waals surface area contributed by atoms with Crippen LogP contribution in [0.2, 0.25) is 0 Å². The maximum atomic E-state index is 13.3. The van der Waals surface area contributed by atoms with E-state index in [9.17, 15) is 4.39 Å². The van der Waals surface area contributed by atoms with Crippen molar-refractivity contribution in [2.75, 3.05) is 25.2 Å². The van der Waals surface area contributed by atoms with Gasteiger partial charge in [0.2, 0.25) is 0 Å². The first-order valence-corrected chi connectivity index (χ1v) is 7.73. The van der Waals surface area contributed by atoms with Gasteiger partial charge >= 0.3 is 0 Å². The predicted octanol–water partition coefficient (Wildman–Crippen LogP) is 3.63. The highest BCUT2D eigenvalue weighted by atomic mass is 32.2. The van der Waals surface area contributed by atoms with E-state index in [2.05, 4.69) is 12.2 Å². The van der Waals surface area contributed by atoms with Crippen molar-refractivity contribution in [1.29, 1.82) is 0 Å². The van der Waals surface area contributed by atoms with Crippen molar-refractivity contribution in [2.45, 2.75) is 26.3 Å². The summed E-state index contributed by atoms with van der Waals surface area (Å²) in [6, 6.07) is 4.83. The van der Waals surface area contributed by atoms with Crippen LogP contribution in [0.1, 0.15) is 31.9 Å². The van der Waals surface area contributed by atoms with Crippen LogP contribution in [0.3, 0.4) is 0 Å². The van der Waals surface area contributed by atoms with Crippen molar-refractivity contribution in [1.82, 2.24) is 5.32 Å². The number of hydrogen-bond acceptors (Lipinski definition) is 3. The lowest BCUT2D eigenvalue weighted by molar-refractivity contribution is 0.335. The molecule has 1 aromatic carbocycles. The Morgan fingerprint density at radius 1 is 1.44 bits per heavy atom. The highest BCUT2D eigenvalue weighted by Crippen LogP contribution is 2.26. The lowest BCUT2D eigenvalue weighted by Crippen LogP contribution is -2.20. The molecule has 0 heterocycles. The van der Waals surface area contributed by atoms with Crippen molar-refractivity contribution in [3.05, 3.63) is 29.6 Å². The first-order chi connectivity index (χ1) is 8.69. The van der Waals surface area contributed by atoms with Crippen LogP contribution in [0.25, 0.3) is 0 Å². The quantitative estimate of drug-likeness (QED) is 0.730. The Bertz CT molecular complexity index is 360. The van der Waals surface area contributed by atoms with E-state index in [1.54, 1.807) is 23.9 Å². The minimum absolute atomic E-state index is 0.102. The van der Waals surface area contributed by atoms with Gasteiger partial charge in [-0.3, -0.25) is 0 Å². The van der Waals surface area contributed by atoms with E-state index in [-0.39, 0.29) is 11.9 Å². The first kappa shape index (κ1) is 15.3. The molecule has 0 bridgehead atoms. The van der Waals surface area contributed by atoms with Gasteiger partial charge in [0.15, 0.2) is 0 Å². The zero-order valence-electron chi connectivity index (χ0n) is 11.3. The van der Waals surface area contributed by atoms with Gasteiger partial charge in [-0.1, -0.05) is 6.92 Å². The van der Waals surface area contributed by atoms with Crippen molar-refractivity contribution in [3.8, 4) is 5.75 Å². The molecule has 102 valence electrons. The lowest BCUT2D eigenvalue weighted by Gasteiger charge is -2.18. The Kier molecular flexibility index (Phi) is 7.13. The Morgan fingerprint density at radius 2 is 2.22 bits per heavy atom. The van der Waals surface area contributed by atoms with Gasteiger partial charge in [0, 0.05) is 17.4 Å². The molecule has 0 spiro atoms. The molecule has 1 rings (SSSR count). The average molecular weight is 271 g/mol. The number of nitrogens with one attached hydrogen (secondary N) is 1. The molecule has 0 saturated carbocycles. The summed E-state index contributed by atoms with van der Waals surface area (Å²) in [7, 11) is 0. The molecule has 1 N–H and O–H groups in total. The molecule has 2 nitrogen and oxygen atoms in total. The molecule has 1 atom stereocenters. The third kappa shape index (κ3) is 4.86. The average Bonchev–Trinajstić information content (AvgIpc) is 2.38. The summed E-state index contributed by atoms with van der Waals surface area (Å²) in [6.07, 6.45) is 3.10. The molecule has 0 radical (unpaired) electrons. The summed E-state index contributed by atoms with van der Waals surface area (Å²) in [4.78, 5) is 0. The molecular formula is C14H22FNOS. The van der Waals surface area contributed by atoms with Crippen LogP contribution in [-0.2, 0) is 0 Å². The maximum Gasteiger partial charge on any atom is 0.124 e. The first-order valence-electron chi connectivity index (χ1n) is 6.33. The fraction of sp³-hybridized carbons (Fsp3) is 0.571. The van der Waals surface area contributed by atoms with Gasteiger partial charge in [-0.15, -0.1) is 0 Å². The minimum atomic E-state index is -0.215. The van der Waals surface area contributed by atoms with Crippen LogP contribution < -0.4 is 10.1 Å². The van der Waals surface area contributed by atoms with E-state index in [0.717, 1.165) is 30.0 Å². The Labute approximate surface area is 113 Å². The Morgan fingerprint density at radius 3 is 2.89 bits per heavy atom. The summed E-state index contributed by atoms with van der Waals surface area (Å²) in [5.41, 5.74) is 0.893. The van der Waals surface area contributed by atoms with Crippen LogP contribution >= 0.6 is 11.8 Å². The van der Waals surface area contributed by atoms with Crippen LogP contribution in [0.5, 0.6) is 5.75 Å². The van der Waals surface area contributed by atoms with E-state index in [4.69, 9.17) is 4.74 Å². The molecular weight excluding hydrogens is 249 g/mol. The molecule has 4 heteroatoms. The maximum absolute atomic E-state index is 13.3. The van der Waals surface area contributed by atoms with E-state index in [1.807, 2.05) is 13.2 Å². The third-order valence-corrected chi connectivity index (χ3v) is 3.26. The number of thioether (sulfide) groups is 1. The fourth-order valence-corrected chi connectivity index (χ4v) is 1.94. The highest BCUT2D eigenvalue weighted by molar-refractivity contribution is 7.98. The topological polar surface area (TPSA) is 21.3 Å². The second kappa shape index (κ2) is 8.38. The monoisotopic (exact) mass is 271 g/mol. The molecule has 1 aromatic rings. The zero-order valence-corrected chi connectivity index (χ0v) is 12.1. The molecule has 0 aliphatic heterocycles. The van der Waals surface area contributed by atoms with Gasteiger partial charge in [0.05, 0.1) is 6.61 Å². The standard InChI is InChI=1S/C14H22FNOS/c1-4-7-16-11(2)13-10-12(15)5-6-14(13)17-8-9-18-3/h5-6,10-11,16H,4,7-9H2,1-3H3. The number of rotatable bonds is 8. The number of benzene rings is 1. The van der Waals surface area contributed by atoms with Crippen molar-refractivity contribution < 1.29 is 9.13 Å². The molecule has 0 aliphatic rings. The lowest BCUT2D eigenvalue weighted by atomic mass is 10.1. The van der Waals surface area contributed by atoms with Gasteiger partial charge in [0.25, 0.3) is 0 Å².